The van der Waals surface area contributed by atoms with Crippen LogP contribution >= 0.6 is 0 Å². The van der Waals surface area contributed by atoms with Crippen LogP contribution < -0.4 is 10.4 Å². The highest BCUT2D eigenvalue weighted by Gasteiger charge is 2.52. The molecule has 4 nitrogen and oxygen atoms in total. The van der Waals surface area contributed by atoms with Crippen molar-refractivity contribution >= 4 is 18.7 Å². The van der Waals surface area contributed by atoms with E-state index in [1.807, 2.05) is 25.1 Å². The summed E-state index contributed by atoms with van der Waals surface area (Å²) < 4.78 is 23.7. The first kappa shape index (κ1) is 23.4. The van der Waals surface area contributed by atoms with Gasteiger partial charge in [-0.1, -0.05) is 81.4 Å². The molecule has 0 aliphatic carbocycles. The summed E-state index contributed by atoms with van der Waals surface area (Å²) in [5, 5.41) is 2.26. The minimum absolute atomic E-state index is 0.146. The highest BCUT2D eigenvalue weighted by Crippen LogP contribution is 2.38. The van der Waals surface area contributed by atoms with Crippen molar-refractivity contribution in [2.45, 2.75) is 39.0 Å². The first-order chi connectivity index (χ1) is 13.9. The van der Waals surface area contributed by atoms with Crippen LogP contribution in [0.4, 0.5) is 0 Å². The zero-order valence-corrected chi connectivity index (χ0v) is 19.5. The van der Waals surface area contributed by atoms with Crippen molar-refractivity contribution in [3.05, 3.63) is 72.5 Å². The Morgan fingerprint density at radius 3 is 1.76 bits per heavy atom. The van der Waals surface area contributed by atoms with Gasteiger partial charge < -0.3 is 18.6 Å². The van der Waals surface area contributed by atoms with Gasteiger partial charge in [0.2, 0.25) is 6.29 Å². The molecule has 0 aliphatic rings. The Kier molecular flexibility index (Phi) is 8.65. The topological polar surface area (TPSA) is 36.9 Å². The zero-order valence-electron chi connectivity index (χ0n) is 18.5. The molecule has 0 aromatic heterocycles. The van der Waals surface area contributed by atoms with Crippen molar-refractivity contribution in [1.29, 1.82) is 0 Å². The van der Waals surface area contributed by atoms with Crippen molar-refractivity contribution in [3.63, 3.8) is 0 Å². The Labute approximate surface area is 176 Å². The van der Waals surface area contributed by atoms with Gasteiger partial charge in [-0.15, -0.1) is 0 Å². The van der Waals surface area contributed by atoms with Crippen molar-refractivity contribution in [2.75, 3.05) is 27.4 Å². The van der Waals surface area contributed by atoms with E-state index in [0.29, 0.717) is 19.0 Å². The van der Waals surface area contributed by atoms with Crippen LogP contribution in [0.3, 0.4) is 0 Å². The molecule has 0 saturated heterocycles. The van der Waals surface area contributed by atoms with E-state index in [4.69, 9.17) is 18.6 Å². The fraction of sp³-hybridized carbons (Fsp3) is 0.417. The van der Waals surface area contributed by atoms with Crippen LogP contribution in [0.5, 0.6) is 0 Å². The van der Waals surface area contributed by atoms with Crippen molar-refractivity contribution in [2.24, 2.45) is 0 Å². The van der Waals surface area contributed by atoms with Crippen LogP contribution in [0, 0.1) is 0 Å². The van der Waals surface area contributed by atoms with E-state index in [-0.39, 0.29) is 5.04 Å². The van der Waals surface area contributed by atoms with Crippen LogP contribution in [-0.2, 0) is 18.6 Å². The fourth-order valence-corrected chi connectivity index (χ4v) is 8.06. The molecule has 0 aliphatic heterocycles. The van der Waals surface area contributed by atoms with E-state index in [1.54, 1.807) is 14.2 Å². The lowest BCUT2D eigenvalue weighted by Crippen LogP contribution is -2.66. The Morgan fingerprint density at radius 2 is 1.38 bits per heavy atom. The molecule has 158 valence electrons. The van der Waals surface area contributed by atoms with E-state index in [2.05, 4.69) is 69.3 Å². The molecule has 2 aromatic carbocycles. The molecule has 0 spiro atoms. The lowest BCUT2D eigenvalue weighted by atomic mass is 10.2. The fourth-order valence-electron chi connectivity index (χ4n) is 3.60. The predicted molar refractivity (Wildman–Crippen MR) is 121 cm³/mol. The van der Waals surface area contributed by atoms with Gasteiger partial charge in [0.1, 0.15) is 5.76 Å². The molecule has 0 bridgehead atoms. The SMILES string of the molecule is CCOC/C=C(\O[Si](c1ccccc1)(c1ccccc1)C(C)(C)C)C(OC)OC. The first-order valence-corrected chi connectivity index (χ1v) is 11.9. The third-order valence-corrected chi connectivity index (χ3v) is 9.90. The van der Waals surface area contributed by atoms with Gasteiger partial charge in [-0.2, -0.15) is 0 Å². The second-order valence-electron chi connectivity index (χ2n) is 7.83. The molecule has 0 fully saturated rings. The standard InChI is InChI=1S/C24H34O4Si/c1-7-27-19-18-22(23(25-5)26-6)28-29(24(2,3)4,20-14-10-8-11-15-20)21-16-12-9-13-17-21/h8-18,23H,7,19H2,1-6H3/b22-18-. The average Bonchev–Trinajstić information content (AvgIpc) is 2.73. The smallest absolute Gasteiger partial charge is 0.319 e. The summed E-state index contributed by atoms with van der Waals surface area (Å²) >= 11 is 0. The van der Waals surface area contributed by atoms with Gasteiger partial charge in [-0.05, 0) is 28.4 Å². The molecule has 0 amide bonds. The zero-order chi connectivity index (χ0) is 21.3. The van der Waals surface area contributed by atoms with Gasteiger partial charge in [0.05, 0.1) is 6.61 Å². The van der Waals surface area contributed by atoms with E-state index in [0.717, 1.165) is 0 Å². The molecule has 5 heteroatoms. The number of benzene rings is 2. The monoisotopic (exact) mass is 414 g/mol. The second kappa shape index (κ2) is 10.7. The molecule has 0 heterocycles. The molecule has 0 saturated carbocycles. The molecule has 0 atom stereocenters. The number of hydrogen-bond acceptors (Lipinski definition) is 4. The Morgan fingerprint density at radius 1 is 0.897 bits per heavy atom. The largest absolute Gasteiger partial charge is 0.533 e. The van der Waals surface area contributed by atoms with Crippen LogP contribution in [-0.4, -0.2) is 42.0 Å². The normalized spacial score (nSPS) is 13.0. The molecular weight excluding hydrogens is 380 g/mol. The van der Waals surface area contributed by atoms with Gasteiger partial charge in [0.25, 0.3) is 0 Å². The van der Waals surface area contributed by atoms with Crippen LogP contribution in [0.15, 0.2) is 72.5 Å². The first-order valence-electron chi connectivity index (χ1n) is 10.0. The Hall–Kier alpha value is -1.92. The third kappa shape index (κ3) is 5.37. The number of ether oxygens (including phenoxy) is 3. The predicted octanol–water partition coefficient (Wildman–Crippen LogP) is 4.10. The van der Waals surface area contributed by atoms with Crippen molar-refractivity contribution in [1.82, 2.24) is 0 Å². The number of methoxy groups -OCH3 is 2. The molecule has 2 rings (SSSR count). The molecule has 0 radical (unpaired) electrons. The minimum Gasteiger partial charge on any atom is -0.533 e. The maximum absolute atomic E-state index is 7.04. The van der Waals surface area contributed by atoms with Crippen molar-refractivity contribution < 1.29 is 18.6 Å². The highest BCUT2D eigenvalue weighted by molar-refractivity contribution is 6.99. The van der Waals surface area contributed by atoms with E-state index in [1.165, 1.54) is 10.4 Å². The summed E-state index contributed by atoms with van der Waals surface area (Å²) in [6.45, 7) is 9.78. The second-order valence-corrected chi connectivity index (χ2v) is 12.1. The van der Waals surface area contributed by atoms with Gasteiger partial charge in [0, 0.05) is 20.8 Å². The Bertz CT molecular complexity index is 710. The number of rotatable bonds is 10. The molecule has 0 unspecified atom stereocenters. The highest BCUT2D eigenvalue weighted by atomic mass is 28.4. The summed E-state index contributed by atoms with van der Waals surface area (Å²) in [6, 6.07) is 21.0. The lowest BCUT2D eigenvalue weighted by molar-refractivity contribution is -0.0947. The minimum atomic E-state index is -2.75. The van der Waals surface area contributed by atoms with E-state index >= 15 is 0 Å². The summed E-state index contributed by atoms with van der Waals surface area (Å²) in [4.78, 5) is 0. The molecule has 29 heavy (non-hydrogen) atoms. The van der Waals surface area contributed by atoms with E-state index < -0.39 is 14.6 Å². The third-order valence-electron chi connectivity index (χ3n) is 4.95. The summed E-state index contributed by atoms with van der Waals surface area (Å²) in [6.07, 6.45) is 1.33. The maximum Gasteiger partial charge on any atom is 0.319 e. The summed E-state index contributed by atoms with van der Waals surface area (Å²) in [5.41, 5.74) is 0. The number of hydrogen-bond donors (Lipinski definition) is 0. The van der Waals surface area contributed by atoms with Gasteiger partial charge in [0.15, 0.2) is 0 Å². The van der Waals surface area contributed by atoms with Crippen LogP contribution in [0.25, 0.3) is 0 Å². The molecular formula is C24H34O4Si. The molecule has 0 N–H and O–H groups in total. The lowest BCUT2D eigenvalue weighted by Gasteiger charge is -2.44. The average molecular weight is 415 g/mol. The quantitative estimate of drug-likeness (QED) is 0.254. The molecule has 2 aromatic rings. The summed E-state index contributed by atoms with van der Waals surface area (Å²) in [5.74, 6) is 0.651. The van der Waals surface area contributed by atoms with Gasteiger partial charge in [-0.3, -0.25) is 0 Å². The van der Waals surface area contributed by atoms with Gasteiger partial charge >= 0.3 is 8.32 Å². The van der Waals surface area contributed by atoms with Gasteiger partial charge in [-0.25, -0.2) is 0 Å². The maximum atomic E-state index is 7.04. The van der Waals surface area contributed by atoms with Crippen LogP contribution in [0.2, 0.25) is 5.04 Å². The van der Waals surface area contributed by atoms with E-state index in [9.17, 15) is 0 Å². The summed E-state index contributed by atoms with van der Waals surface area (Å²) in [7, 11) is 0.493. The van der Waals surface area contributed by atoms with Crippen molar-refractivity contribution in [3.8, 4) is 0 Å². The Balaban J connectivity index is 2.69. The van der Waals surface area contributed by atoms with Crippen LogP contribution in [0.1, 0.15) is 27.7 Å².